The zero-order valence-corrected chi connectivity index (χ0v) is 13.2. The number of nitrogens with zero attached hydrogens (tertiary/aromatic N) is 1. The number of ether oxygens (including phenoxy) is 1. The van der Waals surface area contributed by atoms with Crippen LogP contribution in [-0.4, -0.2) is 23.0 Å². The number of fused-ring (bicyclic) bond motifs is 1. The van der Waals surface area contributed by atoms with Crippen molar-refractivity contribution >= 4 is 16.7 Å². The van der Waals surface area contributed by atoms with E-state index in [0.717, 1.165) is 27.9 Å². The van der Waals surface area contributed by atoms with E-state index in [1.54, 1.807) is 19.5 Å². The van der Waals surface area contributed by atoms with Crippen molar-refractivity contribution in [1.82, 2.24) is 15.3 Å². The Morgan fingerprint density at radius 2 is 2.22 bits per heavy atom. The zero-order valence-electron chi connectivity index (χ0n) is 13.2. The molecule has 1 amide bonds. The van der Waals surface area contributed by atoms with Gasteiger partial charge < -0.3 is 15.0 Å². The van der Waals surface area contributed by atoms with Gasteiger partial charge in [0.25, 0.3) is 0 Å². The van der Waals surface area contributed by atoms with Gasteiger partial charge >= 0.3 is 0 Å². The molecule has 0 saturated carbocycles. The van der Waals surface area contributed by atoms with Crippen molar-refractivity contribution in [2.45, 2.75) is 19.4 Å². The lowest BCUT2D eigenvalue weighted by Gasteiger charge is -2.13. The highest BCUT2D eigenvalue weighted by Gasteiger charge is 2.13. The first-order valence-electron chi connectivity index (χ1n) is 7.51. The molecule has 0 saturated heterocycles. The molecule has 1 aromatic heterocycles. The first kappa shape index (κ1) is 15.1. The summed E-state index contributed by atoms with van der Waals surface area (Å²) in [6, 6.07) is 11.7. The number of aromatic amines is 1. The number of methoxy groups -OCH3 is 1. The van der Waals surface area contributed by atoms with Gasteiger partial charge in [-0.15, -0.1) is 0 Å². The molecule has 3 rings (SSSR count). The molecule has 0 aliphatic carbocycles. The summed E-state index contributed by atoms with van der Waals surface area (Å²) in [5, 5.41) is 5.09. The van der Waals surface area contributed by atoms with Gasteiger partial charge in [0.05, 0.1) is 19.6 Å². The molecule has 2 N–H and O–H groups in total. The number of amides is 1. The van der Waals surface area contributed by atoms with E-state index in [1.807, 2.05) is 43.3 Å². The summed E-state index contributed by atoms with van der Waals surface area (Å²) in [6.45, 7) is 1.91. The van der Waals surface area contributed by atoms with Crippen molar-refractivity contribution in [3.63, 3.8) is 0 Å². The van der Waals surface area contributed by atoms with Gasteiger partial charge in [0.15, 0.2) is 0 Å². The summed E-state index contributed by atoms with van der Waals surface area (Å²) in [6.07, 6.45) is 3.74. The Bertz CT molecular complexity index is 812. The molecule has 0 aliphatic heterocycles. The molecule has 0 fully saturated rings. The predicted molar refractivity (Wildman–Crippen MR) is 89.3 cm³/mol. The Balaban J connectivity index is 1.79. The largest absolute Gasteiger partial charge is 0.497 e. The third kappa shape index (κ3) is 3.34. The van der Waals surface area contributed by atoms with Crippen molar-refractivity contribution in [2.75, 3.05) is 7.11 Å². The van der Waals surface area contributed by atoms with Gasteiger partial charge in [-0.05, 0) is 35.4 Å². The van der Waals surface area contributed by atoms with E-state index in [4.69, 9.17) is 4.74 Å². The van der Waals surface area contributed by atoms with Gasteiger partial charge in [0.2, 0.25) is 5.91 Å². The van der Waals surface area contributed by atoms with Crippen LogP contribution in [0, 0.1) is 0 Å². The smallest absolute Gasteiger partial charge is 0.225 e. The highest BCUT2D eigenvalue weighted by molar-refractivity contribution is 5.91. The lowest BCUT2D eigenvalue weighted by Crippen LogP contribution is -2.28. The topological polar surface area (TPSA) is 67.0 Å². The zero-order chi connectivity index (χ0) is 16.2. The third-order valence-corrected chi connectivity index (χ3v) is 3.84. The Morgan fingerprint density at radius 3 is 2.96 bits per heavy atom. The Kier molecular flexibility index (Phi) is 4.28. The summed E-state index contributed by atoms with van der Waals surface area (Å²) >= 11 is 0. The van der Waals surface area contributed by atoms with Gasteiger partial charge in [-0.1, -0.05) is 24.3 Å². The molecule has 0 aliphatic rings. The summed E-state index contributed by atoms with van der Waals surface area (Å²) in [7, 11) is 1.64. The average molecular weight is 309 g/mol. The Hall–Kier alpha value is -2.82. The van der Waals surface area contributed by atoms with E-state index < -0.39 is 0 Å². The first-order valence-corrected chi connectivity index (χ1v) is 7.51. The molecule has 0 bridgehead atoms. The standard InChI is InChI=1S/C18H19N3O2/c1-12(18-19-8-9-20-18)21-17(22)10-14-5-3-4-13-6-7-15(23-2)11-16(13)14/h3-9,11-12H,10H2,1-2H3,(H,19,20)(H,21,22). The minimum absolute atomic E-state index is 0.0378. The van der Waals surface area contributed by atoms with E-state index in [9.17, 15) is 4.79 Å². The minimum atomic E-state index is -0.151. The molecule has 118 valence electrons. The highest BCUT2D eigenvalue weighted by atomic mass is 16.5. The molecular weight excluding hydrogens is 290 g/mol. The van der Waals surface area contributed by atoms with Crippen LogP contribution in [0.3, 0.4) is 0 Å². The van der Waals surface area contributed by atoms with Crippen LogP contribution in [0.1, 0.15) is 24.4 Å². The molecule has 1 unspecified atom stereocenters. The maximum atomic E-state index is 12.3. The quantitative estimate of drug-likeness (QED) is 0.761. The molecule has 23 heavy (non-hydrogen) atoms. The fraction of sp³-hybridized carbons (Fsp3) is 0.222. The van der Waals surface area contributed by atoms with Gasteiger partial charge in [-0.25, -0.2) is 4.98 Å². The monoisotopic (exact) mass is 309 g/mol. The van der Waals surface area contributed by atoms with Crippen LogP contribution >= 0.6 is 0 Å². The molecule has 1 atom stereocenters. The molecule has 1 heterocycles. The van der Waals surface area contributed by atoms with Crippen LogP contribution in [0.4, 0.5) is 0 Å². The molecule has 2 aromatic carbocycles. The molecule has 3 aromatic rings. The Morgan fingerprint density at radius 1 is 1.35 bits per heavy atom. The molecule has 0 radical (unpaired) electrons. The minimum Gasteiger partial charge on any atom is -0.497 e. The molecule has 0 spiro atoms. The van der Waals surface area contributed by atoms with Gasteiger partial charge in [0, 0.05) is 12.4 Å². The number of hydrogen-bond acceptors (Lipinski definition) is 3. The van der Waals surface area contributed by atoms with Crippen LogP contribution in [0.25, 0.3) is 10.8 Å². The lowest BCUT2D eigenvalue weighted by atomic mass is 10.0. The average Bonchev–Trinajstić information content (AvgIpc) is 3.09. The summed E-state index contributed by atoms with van der Waals surface area (Å²) in [4.78, 5) is 19.5. The summed E-state index contributed by atoms with van der Waals surface area (Å²) in [5.74, 6) is 1.50. The number of carbonyl (C=O) groups excluding carboxylic acids is 1. The van der Waals surface area contributed by atoms with Gasteiger partial charge in [-0.3, -0.25) is 4.79 Å². The van der Waals surface area contributed by atoms with Gasteiger partial charge in [0.1, 0.15) is 11.6 Å². The predicted octanol–water partition coefficient (Wildman–Crippen LogP) is 2.99. The molecule has 5 heteroatoms. The van der Waals surface area contributed by atoms with Crippen LogP contribution < -0.4 is 10.1 Å². The number of imidazole rings is 1. The number of nitrogens with one attached hydrogen (secondary N) is 2. The van der Waals surface area contributed by atoms with E-state index in [0.29, 0.717) is 6.42 Å². The van der Waals surface area contributed by atoms with E-state index in [1.165, 1.54) is 0 Å². The van der Waals surface area contributed by atoms with Crippen LogP contribution in [0.15, 0.2) is 48.8 Å². The third-order valence-electron chi connectivity index (χ3n) is 3.84. The van der Waals surface area contributed by atoms with Gasteiger partial charge in [-0.2, -0.15) is 0 Å². The van der Waals surface area contributed by atoms with Crippen LogP contribution in [-0.2, 0) is 11.2 Å². The lowest BCUT2D eigenvalue weighted by molar-refractivity contribution is -0.121. The van der Waals surface area contributed by atoms with E-state index in [-0.39, 0.29) is 11.9 Å². The van der Waals surface area contributed by atoms with Crippen LogP contribution in [0.2, 0.25) is 0 Å². The number of hydrogen-bond donors (Lipinski definition) is 2. The molecule has 5 nitrogen and oxygen atoms in total. The Labute approximate surface area is 134 Å². The van der Waals surface area contributed by atoms with Crippen molar-refractivity contribution in [3.8, 4) is 5.75 Å². The maximum Gasteiger partial charge on any atom is 0.225 e. The van der Waals surface area contributed by atoms with Crippen molar-refractivity contribution < 1.29 is 9.53 Å². The molecular formula is C18H19N3O2. The number of carbonyl (C=O) groups is 1. The second kappa shape index (κ2) is 6.52. The van der Waals surface area contributed by atoms with Crippen molar-refractivity contribution in [2.24, 2.45) is 0 Å². The van der Waals surface area contributed by atoms with E-state index in [2.05, 4.69) is 15.3 Å². The normalized spacial score (nSPS) is 12.1. The number of rotatable bonds is 5. The first-order chi connectivity index (χ1) is 11.2. The summed E-state index contributed by atoms with van der Waals surface area (Å²) < 4.78 is 5.28. The van der Waals surface area contributed by atoms with Crippen LogP contribution in [0.5, 0.6) is 5.75 Å². The highest BCUT2D eigenvalue weighted by Crippen LogP contribution is 2.24. The second-order valence-electron chi connectivity index (χ2n) is 5.44. The number of benzene rings is 2. The second-order valence-corrected chi connectivity index (χ2v) is 5.44. The fourth-order valence-electron chi connectivity index (χ4n) is 2.65. The van der Waals surface area contributed by atoms with Crippen molar-refractivity contribution in [1.29, 1.82) is 0 Å². The SMILES string of the molecule is COc1ccc2cccc(CC(=O)NC(C)c3ncc[nH]3)c2c1. The van der Waals surface area contributed by atoms with Crippen molar-refractivity contribution in [3.05, 3.63) is 60.2 Å². The maximum absolute atomic E-state index is 12.3. The fourth-order valence-corrected chi connectivity index (χ4v) is 2.65. The summed E-state index contributed by atoms with van der Waals surface area (Å²) in [5.41, 5.74) is 0.977. The number of H-pyrrole nitrogens is 1. The number of aromatic nitrogens is 2. The van der Waals surface area contributed by atoms with E-state index >= 15 is 0 Å².